The largest absolute Gasteiger partial charge is 0.467 e. The van der Waals surface area contributed by atoms with Crippen LogP contribution in [0, 0.1) is 0 Å². The first-order valence-electron chi connectivity index (χ1n) is 6.78. The predicted molar refractivity (Wildman–Crippen MR) is 74.7 cm³/mol. The number of hydrogen-bond acceptors (Lipinski definition) is 4. The molecular formula is C14H19ClN2O2. The minimum absolute atomic E-state index is 0.339. The van der Waals surface area contributed by atoms with Crippen LogP contribution in [0.5, 0.6) is 5.75 Å². The third-order valence-electron chi connectivity index (χ3n) is 3.69. The molecule has 19 heavy (non-hydrogen) atoms. The van der Waals surface area contributed by atoms with Crippen molar-refractivity contribution in [1.29, 1.82) is 0 Å². The molecule has 0 bridgehead atoms. The van der Waals surface area contributed by atoms with Crippen molar-refractivity contribution >= 4 is 11.6 Å². The molecule has 5 heteroatoms. The number of fused-ring (bicyclic) bond motifs is 1. The second-order valence-corrected chi connectivity index (χ2v) is 5.41. The second-order valence-electron chi connectivity index (χ2n) is 5.00. The normalized spacial score (nSPS) is 19.8. The van der Waals surface area contributed by atoms with Gasteiger partial charge < -0.3 is 19.7 Å². The second kappa shape index (κ2) is 6.09. The number of benzene rings is 1. The lowest BCUT2D eigenvalue weighted by molar-refractivity contribution is -0.0164. The molecule has 0 radical (unpaired) electrons. The summed E-state index contributed by atoms with van der Waals surface area (Å²) in [6, 6.07) is 4.05. The van der Waals surface area contributed by atoms with E-state index < -0.39 is 0 Å². The minimum Gasteiger partial charge on any atom is -0.467 e. The van der Waals surface area contributed by atoms with E-state index in [4.69, 9.17) is 21.1 Å². The van der Waals surface area contributed by atoms with Crippen LogP contribution in [0.3, 0.4) is 0 Å². The zero-order valence-corrected chi connectivity index (χ0v) is 11.7. The molecule has 0 aromatic heterocycles. The van der Waals surface area contributed by atoms with Gasteiger partial charge in [0.1, 0.15) is 5.75 Å². The molecule has 2 heterocycles. The first-order valence-corrected chi connectivity index (χ1v) is 7.15. The van der Waals surface area contributed by atoms with Crippen LogP contribution in [0.2, 0.25) is 5.02 Å². The SMILES string of the molecule is Clc1cc2c(cc1CCN1CCNCC1)OCOC2. The Labute approximate surface area is 118 Å². The minimum atomic E-state index is 0.339. The number of nitrogens with zero attached hydrogens (tertiary/aromatic N) is 1. The average Bonchev–Trinajstić information content (AvgIpc) is 2.46. The number of ether oxygens (including phenoxy) is 2. The smallest absolute Gasteiger partial charge is 0.189 e. The van der Waals surface area contributed by atoms with Crippen LogP contribution in [0.1, 0.15) is 11.1 Å². The van der Waals surface area contributed by atoms with Crippen LogP contribution in [-0.4, -0.2) is 44.4 Å². The Kier molecular flexibility index (Phi) is 4.23. The summed E-state index contributed by atoms with van der Waals surface area (Å²) in [7, 11) is 0. The summed E-state index contributed by atoms with van der Waals surface area (Å²) in [5.74, 6) is 0.922. The molecule has 0 atom stereocenters. The molecular weight excluding hydrogens is 264 g/mol. The Bertz CT molecular complexity index is 447. The van der Waals surface area contributed by atoms with Crippen LogP contribution in [-0.2, 0) is 17.8 Å². The maximum absolute atomic E-state index is 6.34. The van der Waals surface area contributed by atoms with Gasteiger partial charge in [-0.3, -0.25) is 0 Å². The van der Waals surface area contributed by atoms with Gasteiger partial charge in [-0.1, -0.05) is 11.6 Å². The van der Waals surface area contributed by atoms with E-state index in [1.807, 2.05) is 6.07 Å². The Morgan fingerprint density at radius 1 is 1.26 bits per heavy atom. The molecule has 104 valence electrons. The summed E-state index contributed by atoms with van der Waals surface area (Å²) in [4.78, 5) is 2.47. The van der Waals surface area contributed by atoms with Crippen molar-refractivity contribution in [2.75, 3.05) is 39.5 Å². The van der Waals surface area contributed by atoms with Crippen LogP contribution < -0.4 is 10.1 Å². The molecule has 1 N–H and O–H groups in total. The fourth-order valence-electron chi connectivity index (χ4n) is 2.55. The highest BCUT2D eigenvalue weighted by molar-refractivity contribution is 6.31. The zero-order valence-electron chi connectivity index (χ0n) is 11.0. The Hall–Kier alpha value is -0.810. The molecule has 4 nitrogen and oxygen atoms in total. The quantitative estimate of drug-likeness (QED) is 0.914. The third-order valence-corrected chi connectivity index (χ3v) is 4.04. The Morgan fingerprint density at radius 3 is 2.95 bits per heavy atom. The van der Waals surface area contributed by atoms with E-state index in [1.165, 1.54) is 5.56 Å². The number of rotatable bonds is 3. The molecule has 1 aromatic carbocycles. The van der Waals surface area contributed by atoms with Gasteiger partial charge in [0.15, 0.2) is 6.79 Å². The van der Waals surface area contributed by atoms with E-state index in [2.05, 4.69) is 16.3 Å². The van der Waals surface area contributed by atoms with Crippen LogP contribution in [0.4, 0.5) is 0 Å². The van der Waals surface area contributed by atoms with Crippen molar-refractivity contribution in [2.24, 2.45) is 0 Å². The third kappa shape index (κ3) is 3.20. The molecule has 2 aliphatic heterocycles. The van der Waals surface area contributed by atoms with E-state index in [1.54, 1.807) is 0 Å². The van der Waals surface area contributed by atoms with Gasteiger partial charge in [-0.2, -0.15) is 0 Å². The summed E-state index contributed by atoms with van der Waals surface area (Å²) in [5, 5.41) is 4.19. The van der Waals surface area contributed by atoms with Crippen molar-refractivity contribution in [1.82, 2.24) is 10.2 Å². The lowest BCUT2D eigenvalue weighted by Gasteiger charge is -2.27. The number of piperazine rings is 1. The highest BCUT2D eigenvalue weighted by atomic mass is 35.5. The van der Waals surface area contributed by atoms with Gasteiger partial charge in [-0.05, 0) is 24.1 Å². The molecule has 0 amide bonds. The van der Waals surface area contributed by atoms with Gasteiger partial charge in [0.2, 0.25) is 0 Å². The average molecular weight is 283 g/mol. The Balaban J connectivity index is 1.66. The molecule has 1 aromatic rings. The van der Waals surface area contributed by atoms with Crippen molar-refractivity contribution in [3.05, 3.63) is 28.3 Å². The van der Waals surface area contributed by atoms with E-state index >= 15 is 0 Å². The lowest BCUT2D eigenvalue weighted by Crippen LogP contribution is -2.44. The molecule has 1 saturated heterocycles. The van der Waals surface area contributed by atoms with Crippen molar-refractivity contribution in [2.45, 2.75) is 13.0 Å². The summed E-state index contributed by atoms with van der Waals surface area (Å²) in [6.45, 7) is 6.38. The molecule has 0 unspecified atom stereocenters. The van der Waals surface area contributed by atoms with Crippen LogP contribution in [0.25, 0.3) is 0 Å². The highest BCUT2D eigenvalue weighted by Gasteiger charge is 2.15. The molecule has 1 fully saturated rings. The Morgan fingerprint density at radius 2 is 2.11 bits per heavy atom. The number of nitrogens with one attached hydrogen (secondary N) is 1. The predicted octanol–water partition coefficient (Wildman–Crippen LogP) is 1.65. The van der Waals surface area contributed by atoms with Gasteiger partial charge >= 0.3 is 0 Å². The maximum Gasteiger partial charge on any atom is 0.189 e. The van der Waals surface area contributed by atoms with E-state index in [-0.39, 0.29) is 0 Å². The fraction of sp³-hybridized carbons (Fsp3) is 0.571. The van der Waals surface area contributed by atoms with Crippen molar-refractivity contribution < 1.29 is 9.47 Å². The monoisotopic (exact) mass is 282 g/mol. The molecule has 3 rings (SSSR count). The first kappa shape index (κ1) is 13.2. The summed E-state index contributed by atoms with van der Waals surface area (Å²) < 4.78 is 10.8. The van der Waals surface area contributed by atoms with E-state index in [0.29, 0.717) is 13.4 Å². The topological polar surface area (TPSA) is 33.7 Å². The zero-order chi connectivity index (χ0) is 13.1. The maximum atomic E-state index is 6.34. The van der Waals surface area contributed by atoms with Crippen LogP contribution >= 0.6 is 11.6 Å². The first-order chi connectivity index (χ1) is 9.33. The summed E-state index contributed by atoms with van der Waals surface area (Å²) in [6.07, 6.45) is 0.969. The van der Waals surface area contributed by atoms with Gasteiger partial charge in [0.25, 0.3) is 0 Å². The number of hydrogen-bond donors (Lipinski definition) is 1. The summed E-state index contributed by atoms with van der Waals surface area (Å²) in [5.41, 5.74) is 2.21. The summed E-state index contributed by atoms with van der Waals surface area (Å²) >= 11 is 6.34. The number of halogens is 1. The van der Waals surface area contributed by atoms with E-state index in [9.17, 15) is 0 Å². The lowest BCUT2D eigenvalue weighted by atomic mass is 10.1. The molecule has 0 aliphatic carbocycles. The standard InChI is InChI=1S/C14H19ClN2O2/c15-13-7-12-9-18-10-19-14(12)8-11(13)1-4-17-5-2-16-3-6-17/h7-8,16H,1-6,9-10H2. The van der Waals surface area contributed by atoms with Gasteiger partial charge in [0.05, 0.1) is 6.61 Å². The molecule has 0 saturated carbocycles. The van der Waals surface area contributed by atoms with Gasteiger partial charge in [0, 0.05) is 43.3 Å². The van der Waals surface area contributed by atoms with Crippen molar-refractivity contribution in [3.8, 4) is 5.75 Å². The highest BCUT2D eigenvalue weighted by Crippen LogP contribution is 2.30. The molecule has 2 aliphatic rings. The van der Waals surface area contributed by atoms with E-state index in [0.717, 1.165) is 55.5 Å². The fourth-order valence-corrected chi connectivity index (χ4v) is 2.83. The molecule has 0 spiro atoms. The van der Waals surface area contributed by atoms with Gasteiger partial charge in [-0.15, -0.1) is 0 Å². The van der Waals surface area contributed by atoms with Crippen LogP contribution in [0.15, 0.2) is 12.1 Å². The van der Waals surface area contributed by atoms with Crippen molar-refractivity contribution in [3.63, 3.8) is 0 Å². The van der Waals surface area contributed by atoms with Gasteiger partial charge in [-0.25, -0.2) is 0 Å².